The van der Waals surface area contributed by atoms with Gasteiger partial charge in [0.15, 0.2) is 17.1 Å². The molecule has 8 heteroatoms. The number of aliphatic hydroxyl groups is 1. The summed E-state index contributed by atoms with van der Waals surface area (Å²) in [4.78, 5) is 37.2. The molecule has 0 spiro atoms. The molecule has 9 atom stereocenters. The highest BCUT2D eigenvalue weighted by molar-refractivity contribution is 7.96. The van der Waals surface area contributed by atoms with Gasteiger partial charge in [0.2, 0.25) is 5.12 Å². The number of fused-ring (bicyclic) bond motifs is 5. The molecule has 5 nitrogen and oxygen atoms in total. The number of allylic oxidation sites excluding steroid dienone is 4. The summed E-state index contributed by atoms with van der Waals surface area (Å²) in [7, 11) is 0. The molecule has 4 rings (SSSR count). The van der Waals surface area contributed by atoms with Gasteiger partial charge in [-0.2, -0.15) is 0 Å². The minimum atomic E-state index is -2.24. The lowest BCUT2D eigenvalue weighted by molar-refractivity contribution is -0.228. The van der Waals surface area contributed by atoms with Gasteiger partial charge >= 0.3 is 5.97 Å². The van der Waals surface area contributed by atoms with E-state index in [4.69, 9.17) is 4.74 Å². The highest BCUT2D eigenvalue weighted by atomic mass is 32.1. The molecule has 1 unspecified atom stereocenters. The molecular formula is C24H30F2O5S. The molecule has 0 saturated heterocycles. The summed E-state index contributed by atoms with van der Waals surface area (Å²) in [6.45, 7) is 6.62. The van der Waals surface area contributed by atoms with Gasteiger partial charge in [0, 0.05) is 29.1 Å². The van der Waals surface area contributed by atoms with E-state index >= 15 is 8.78 Å². The first-order valence-corrected chi connectivity index (χ1v) is 11.7. The molecule has 0 aromatic rings. The molecule has 3 saturated carbocycles. The number of aliphatic hydroxyl groups excluding tert-OH is 1. The maximum atomic E-state index is 17.1. The molecular weight excluding hydrogens is 438 g/mol. The lowest BCUT2D eigenvalue weighted by Gasteiger charge is -2.63. The van der Waals surface area contributed by atoms with Gasteiger partial charge in [-0.3, -0.25) is 14.4 Å². The van der Waals surface area contributed by atoms with Gasteiger partial charge in [-0.15, -0.1) is 12.6 Å². The molecule has 4 aliphatic rings. The van der Waals surface area contributed by atoms with Crippen molar-refractivity contribution in [3.63, 3.8) is 0 Å². The van der Waals surface area contributed by atoms with Crippen LogP contribution in [0.2, 0.25) is 0 Å². The molecule has 0 aromatic carbocycles. The topological polar surface area (TPSA) is 80.7 Å². The van der Waals surface area contributed by atoms with E-state index in [1.807, 2.05) is 0 Å². The number of hydrogen-bond donors (Lipinski definition) is 2. The van der Waals surface area contributed by atoms with Crippen LogP contribution in [0.5, 0.6) is 0 Å². The summed E-state index contributed by atoms with van der Waals surface area (Å²) in [5.41, 5.74) is -6.46. The van der Waals surface area contributed by atoms with Crippen LogP contribution in [0.25, 0.3) is 0 Å². The van der Waals surface area contributed by atoms with Crippen LogP contribution < -0.4 is 0 Å². The van der Waals surface area contributed by atoms with Gasteiger partial charge in [-0.1, -0.05) is 26.8 Å². The molecule has 0 amide bonds. The van der Waals surface area contributed by atoms with Crippen LogP contribution in [0.1, 0.15) is 53.4 Å². The Labute approximate surface area is 192 Å². The van der Waals surface area contributed by atoms with Crippen molar-refractivity contribution in [2.45, 2.75) is 76.9 Å². The fourth-order valence-corrected chi connectivity index (χ4v) is 8.01. The van der Waals surface area contributed by atoms with Crippen molar-refractivity contribution in [3.8, 4) is 0 Å². The zero-order valence-corrected chi connectivity index (χ0v) is 19.6. The fourth-order valence-electron chi connectivity index (χ4n) is 7.49. The van der Waals surface area contributed by atoms with Crippen molar-refractivity contribution in [1.29, 1.82) is 0 Å². The Kier molecular flexibility index (Phi) is 5.33. The van der Waals surface area contributed by atoms with E-state index in [0.29, 0.717) is 6.42 Å². The molecule has 1 N–H and O–H groups in total. The van der Waals surface area contributed by atoms with Gasteiger partial charge in [0.25, 0.3) is 0 Å². The Hall–Kier alpha value is -1.54. The number of carbonyl (C=O) groups is 3. The normalized spacial score (nSPS) is 49.6. The van der Waals surface area contributed by atoms with E-state index in [1.165, 1.54) is 19.1 Å². The first-order valence-electron chi connectivity index (χ1n) is 11.2. The Balaban J connectivity index is 1.87. The molecule has 0 heterocycles. The summed E-state index contributed by atoms with van der Waals surface area (Å²) < 4.78 is 38.3. The largest absolute Gasteiger partial charge is 0.449 e. The highest BCUT2D eigenvalue weighted by Crippen LogP contribution is 2.71. The predicted molar refractivity (Wildman–Crippen MR) is 116 cm³/mol. The molecule has 0 radical (unpaired) electrons. The first-order chi connectivity index (χ1) is 14.8. The number of carbonyl (C=O) groups excluding carboxylic acids is 3. The summed E-state index contributed by atoms with van der Waals surface area (Å²) in [5.74, 6) is -2.94. The average molecular weight is 469 g/mol. The van der Waals surface area contributed by atoms with E-state index in [-0.39, 0.29) is 24.8 Å². The van der Waals surface area contributed by atoms with Crippen LogP contribution in [0.15, 0.2) is 23.8 Å². The number of esters is 1. The van der Waals surface area contributed by atoms with Gasteiger partial charge < -0.3 is 9.84 Å². The minimum absolute atomic E-state index is 0.0476. The van der Waals surface area contributed by atoms with Crippen LogP contribution >= 0.6 is 12.6 Å². The van der Waals surface area contributed by atoms with Crippen molar-refractivity contribution in [1.82, 2.24) is 0 Å². The Bertz CT molecular complexity index is 949. The molecule has 0 aromatic heterocycles. The maximum Gasteiger partial charge on any atom is 0.306 e. The Morgan fingerprint density at radius 1 is 1.28 bits per heavy atom. The van der Waals surface area contributed by atoms with Crippen molar-refractivity contribution in [2.75, 3.05) is 0 Å². The van der Waals surface area contributed by atoms with Crippen LogP contribution in [-0.4, -0.2) is 45.5 Å². The van der Waals surface area contributed by atoms with Crippen molar-refractivity contribution < 1.29 is 33.0 Å². The molecule has 3 fully saturated rings. The van der Waals surface area contributed by atoms with E-state index in [2.05, 4.69) is 12.6 Å². The zero-order chi connectivity index (χ0) is 23.9. The smallest absolute Gasteiger partial charge is 0.306 e. The lowest BCUT2D eigenvalue weighted by atomic mass is 9.44. The third-order valence-corrected chi connectivity index (χ3v) is 9.38. The first kappa shape index (κ1) is 23.6. The second kappa shape index (κ2) is 7.23. The lowest BCUT2D eigenvalue weighted by Crippen LogP contribution is -2.70. The average Bonchev–Trinajstić information content (AvgIpc) is 2.93. The fraction of sp³-hybridized carbons (Fsp3) is 0.708. The second-order valence-corrected chi connectivity index (χ2v) is 10.8. The van der Waals surface area contributed by atoms with Gasteiger partial charge in [-0.25, -0.2) is 8.78 Å². The molecule has 0 bridgehead atoms. The number of alkyl halides is 2. The molecule has 32 heavy (non-hydrogen) atoms. The third-order valence-electron chi connectivity index (χ3n) is 9.05. The van der Waals surface area contributed by atoms with Gasteiger partial charge in [0.05, 0.1) is 6.10 Å². The summed E-state index contributed by atoms with van der Waals surface area (Å²) in [6.07, 6.45) is 0.619. The molecule has 0 aliphatic heterocycles. The SMILES string of the molecule is CCC(=O)O[C@]1(C(=O)S)[C@H](C)C[C@H]2[C@@H]3C[C@H](F)C4=CC(=O)C=C[C@]4(C)C3(F)[C@@H](O)C[C@@]21C. The van der Waals surface area contributed by atoms with Crippen molar-refractivity contribution >= 4 is 29.5 Å². The zero-order valence-electron chi connectivity index (χ0n) is 18.7. The standard InChI is InChI=1S/C24H30F2O5S/c1-5-19(29)31-24(20(30)32)12(2)8-14-15-10-17(25)16-9-13(27)6-7-21(16,3)23(15,26)18(28)11-22(14,24)4/h6-7,9,12,14-15,17-18,28H,5,8,10-11H2,1-4H3,(H,30,32)/t12-,14+,15+,17+,18+,21+,22+,23?,24+/m1/s1. The van der Waals surface area contributed by atoms with Gasteiger partial charge in [-0.05, 0) is 49.8 Å². The summed E-state index contributed by atoms with van der Waals surface area (Å²) in [6, 6.07) is 0. The number of thiol groups is 1. The molecule has 176 valence electrons. The van der Waals surface area contributed by atoms with Crippen LogP contribution in [-0.2, 0) is 19.1 Å². The van der Waals surface area contributed by atoms with E-state index in [0.717, 1.165) is 6.08 Å². The highest BCUT2D eigenvalue weighted by Gasteiger charge is 2.77. The maximum absolute atomic E-state index is 17.1. The van der Waals surface area contributed by atoms with Gasteiger partial charge in [0.1, 0.15) is 6.17 Å². The second-order valence-electron chi connectivity index (χ2n) is 10.4. The van der Waals surface area contributed by atoms with E-state index < -0.39 is 69.0 Å². The van der Waals surface area contributed by atoms with Crippen LogP contribution in [0.3, 0.4) is 0 Å². The van der Waals surface area contributed by atoms with Crippen LogP contribution in [0.4, 0.5) is 8.78 Å². The monoisotopic (exact) mass is 468 g/mol. The van der Waals surface area contributed by atoms with Crippen molar-refractivity contribution in [3.05, 3.63) is 23.8 Å². The summed E-state index contributed by atoms with van der Waals surface area (Å²) in [5, 5.41) is 10.7. The third kappa shape index (κ3) is 2.62. The predicted octanol–water partition coefficient (Wildman–Crippen LogP) is 3.70. The van der Waals surface area contributed by atoms with Crippen LogP contribution in [0, 0.1) is 28.6 Å². The Morgan fingerprint density at radius 2 is 1.94 bits per heavy atom. The number of rotatable bonds is 3. The number of ether oxygens (including phenoxy) is 1. The Morgan fingerprint density at radius 3 is 2.53 bits per heavy atom. The molecule has 4 aliphatic carbocycles. The van der Waals surface area contributed by atoms with E-state index in [1.54, 1.807) is 20.8 Å². The van der Waals surface area contributed by atoms with E-state index in [9.17, 15) is 19.5 Å². The number of ketones is 1. The number of halogens is 2. The van der Waals surface area contributed by atoms with Crippen molar-refractivity contribution in [2.24, 2.45) is 28.6 Å². The number of hydrogen-bond acceptors (Lipinski definition) is 5. The summed E-state index contributed by atoms with van der Waals surface area (Å²) >= 11 is 4.09. The minimum Gasteiger partial charge on any atom is -0.449 e. The quantitative estimate of drug-likeness (QED) is 0.488.